The molecule has 15 heavy (non-hydrogen) atoms. The molecule has 82 valence electrons. The normalized spacial score (nSPS) is 12.1. The van der Waals surface area contributed by atoms with Crippen LogP contribution in [0.3, 0.4) is 0 Å². The van der Waals surface area contributed by atoms with Gasteiger partial charge in [0.25, 0.3) is 6.43 Å². The third-order valence-electron chi connectivity index (χ3n) is 2.07. The van der Waals surface area contributed by atoms with Crippen LogP contribution in [0.2, 0.25) is 0 Å². The number of benzene rings is 1. The lowest BCUT2D eigenvalue weighted by Gasteiger charge is -2.05. The van der Waals surface area contributed by atoms with E-state index in [1.165, 1.54) is 0 Å². The topological polar surface area (TPSA) is 12.4 Å². The first kappa shape index (κ1) is 11.8. The minimum absolute atomic E-state index is 0.0935. The van der Waals surface area contributed by atoms with Gasteiger partial charge < -0.3 is 0 Å². The van der Waals surface area contributed by atoms with Crippen LogP contribution in [0.15, 0.2) is 35.3 Å². The maximum absolute atomic E-state index is 12.7. The van der Waals surface area contributed by atoms with Crippen molar-refractivity contribution in [3.05, 3.63) is 35.9 Å². The summed E-state index contributed by atoms with van der Waals surface area (Å²) >= 11 is 0. The molecule has 0 aliphatic carbocycles. The molecule has 0 aromatic heterocycles. The maximum Gasteiger partial charge on any atom is 0.280 e. The van der Waals surface area contributed by atoms with Gasteiger partial charge in [-0.25, -0.2) is 8.78 Å². The lowest BCUT2D eigenvalue weighted by molar-refractivity contribution is 0.226. The lowest BCUT2D eigenvalue weighted by atomic mass is 10.1. The van der Waals surface area contributed by atoms with E-state index in [0.717, 1.165) is 12.8 Å². The average molecular weight is 211 g/mol. The van der Waals surface area contributed by atoms with E-state index in [9.17, 15) is 8.78 Å². The van der Waals surface area contributed by atoms with Crippen molar-refractivity contribution in [3.8, 4) is 0 Å². The van der Waals surface area contributed by atoms with Crippen LogP contribution in [0.25, 0.3) is 0 Å². The molecule has 0 N–H and O–H groups in total. The van der Waals surface area contributed by atoms with E-state index in [2.05, 4.69) is 4.99 Å². The largest absolute Gasteiger partial charge is 0.283 e. The highest BCUT2D eigenvalue weighted by Gasteiger charge is 2.14. The molecule has 1 nitrogen and oxygen atoms in total. The van der Waals surface area contributed by atoms with Crippen LogP contribution in [0.1, 0.15) is 25.3 Å². The Kier molecular flexibility index (Phi) is 4.95. The van der Waals surface area contributed by atoms with Gasteiger partial charge in [0, 0.05) is 12.1 Å². The number of hydrogen-bond acceptors (Lipinski definition) is 1. The highest BCUT2D eigenvalue weighted by Crippen LogP contribution is 2.09. The summed E-state index contributed by atoms with van der Waals surface area (Å²) in [6, 6.07) is 8.62. The second-order valence-corrected chi connectivity index (χ2v) is 3.29. The molecule has 1 aromatic rings. The summed E-state index contributed by atoms with van der Waals surface area (Å²) in [4.78, 5) is 3.95. The fourth-order valence-electron chi connectivity index (χ4n) is 1.25. The van der Waals surface area contributed by atoms with Gasteiger partial charge in [-0.2, -0.15) is 0 Å². The van der Waals surface area contributed by atoms with Crippen molar-refractivity contribution in [2.45, 2.75) is 26.2 Å². The number of hydrogen-bond donors (Lipinski definition) is 0. The minimum Gasteiger partial charge on any atom is -0.283 e. The zero-order valence-electron chi connectivity index (χ0n) is 8.79. The number of alkyl halides is 2. The molecule has 0 fully saturated rings. The molecule has 0 saturated heterocycles. The van der Waals surface area contributed by atoms with Crippen LogP contribution in [-0.2, 0) is 0 Å². The SMILES string of the molecule is CCCCN=C(c1ccccc1)C(F)F. The van der Waals surface area contributed by atoms with Crippen molar-refractivity contribution in [3.63, 3.8) is 0 Å². The first-order chi connectivity index (χ1) is 7.25. The highest BCUT2D eigenvalue weighted by atomic mass is 19.3. The molecule has 1 rings (SSSR count). The molecule has 0 bridgehead atoms. The Hall–Kier alpha value is -1.25. The van der Waals surface area contributed by atoms with Gasteiger partial charge in [-0.15, -0.1) is 0 Å². The Labute approximate surface area is 88.8 Å². The Bertz CT molecular complexity index is 307. The Morgan fingerprint density at radius 2 is 1.93 bits per heavy atom. The molecule has 0 aliphatic heterocycles. The first-order valence-corrected chi connectivity index (χ1v) is 5.13. The fourth-order valence-corrected chi connectivity index (χ4v) is 1.25. The molecule has 0 radical (unpaired) electrons. The smallest absolute Gasteiger partial charge is 0.280 e. The van der Waals surface area contributed by atoms with Crippen molar-refractivity contribution in [1.82, 2.24) is 0 Å². The molecule has 0 aliphatic rings. The standard InChI is InChI=1S/C12H15F2N/c1-2-3-9-15-11(12(13)14)10-7-5-4-6-8-10/h4-8,12H,2-3,9H2,1H3. The summed E-state index contributed by atoms with van der Waals surface area (Å²) in [5.74, 6) is 0. The highest BCUT2D eigenvalue weighted by molar-refractivity contribution is 6.02. The minimum atomic E-state index is -2.50. The van der Waals surface area contributed by atoms with Gasteiger partial charge in [-0.05, 0) is 6.42 Å². The van der Waals surface area contributed by atoms with E-state index < -0.39 is 6.43 Å². The van der Waals surface area contributed by atoms with Crippen LogP contribution in [0.5, 0.6) is 0 Å². The quantitative estimate of drug-likeness (QED) is 0.521. The number of aliphatic imine (C=N–C) groups is 1. The zero-order valence-corrected chi connectivity index (χ0v) is 8.79. The summed E-state index contributed by atoms with van der Waals surface area (Å²) in [6.07, 6.45) is -0.679. The van der Waals surface area contributed by atoms with Gasteiger partial charge in [0.05, 0.1) is 0 Å². The van der Waals surface area contributed by atoms with Crippen molar-refractivity contribution >= 4 is 5.71 Å². The second-order valence-electron chi connectivity index (χ2n) is 3.29. The molecule has 0 heterocycles. The number of unbranched alkanes of at least 4 members (excludes halogenated alkanes) is 1. The molecular weight excluding hydrogens is 196 g/mol. The van der Waals surface area contributed by atoms with E-state index in [1.54, 1.807) is 30.3 Å². The van der Waals surface area contributed by atoms with Crippen LogP contribution >= 0.6 is 0 Å². The zero-order chi connectivity index (χ0) is 11.1. The number of rotatable bonds is 5. The van der Waals surface area contributed by atoms with Crippen molar-refractivity contribution < 1.29 is 8.78 Å². The monoisotopic (exact) mass is 211 g/mol. The number of nitrogens with zero attached hydrogens (tertiary/aromatic N) is 1. The third kappa shape index (κ3) is 3.78. The van der Waals surface area contributed by atoms with E-state index in [-0.39, 0.29) is 5.71 Å². The molecule has 0 spiro atoms. The fraction of sp³-hybridized carbons (Fsp3) is 0.417. The molecule has 0 amide bonds. The summed E-state index contributed by atoms with van der Waals surface area (Å²) in [7, 11) is 0. The molecule has 1 aromatic carbocycles. The van der Waals surface area contributed by atoms with Crippen molar-refractivity contribution in [2.24, 2.45) is 4.99 Å². The van der Waals surface area contributed by atoms with Gasteiger partial charge in [0.15, 0.2) is 0 Å². The lowest BCUT2D eigenvalue weighted by Crippen LogP contribution is -2.12. The third-order valence-corrected chi connectivity index (χ3v) is 2.07. The van der Waals surface area contributed by atoms with Gasteiger partial charge >= 0.3 is 0 Å². The average Bonchev–Trinajstić information content (AvgIpc) is 2.25. The predicted molar refractivity (Wildman–Crippen MR) is 58.8 cm³/mol. The van der Waals surface area contributed by atoms with Gasteiger partial charge in [0.1, 0.15) is 5.71 Å². The molecule has 3 heteroatoms. The molecule has 0 saturated carbocycles. The van der Waals surface area contributed by atoms with E-state index in [4.69, 9.17) is 0 Å². The first-order valence-electron chi connectivity index (χ1n) is 5.13. The van der Waals surface area contributed by atoms with Gasteiger partial charge in [0.2, 0.25) is 0 Å². The van der Waals surface area contributed by atoms with Crippen LogP contribution in [0, 0.1) is 0 Å². The van der Waals surface area contributed by atoms with Crippen molar-refractivity contribution in [1.29, 1.82) is 0 Å². The summed E-state index contributed by atoms with van der Waals surface area (Å²) in [5, 5.41) is 0. The number of halogens is 2. The van der Waals surface area contributed by atoms with E-state index >= 15 is 0 Å². The molecule has 0 atom stereocenters. The Balaban J connectivity index is 2.79. The Morgan fingerprint density at radius 3 is 2.47 bits per heavy atom. The van der Waals surface area contributed by atoms with Crippen LogP contribution in [-0.4, -0.2) is 18.7 Å². The van der Waals surface area contributed by atoms with Gasteiger partial charge in [-0.3, -0.25) is 4.99 Å². The molecular formula is C12H15F2N. The van der Waals surface area contributed by atoms with Gasteiger partial charge in [-0.1, -0.05) is 43.7 Å². The van der Waals surface area contributed by atoms with E-state index in [1.807, 2.05) is 6.92 Å². The maximum atomic E-state index is 12.7. The Morgan fingerprint density at radius 1 is 1.27 bits per heavy atom. The van der Waals surface area contributed by atoms with Crippen molar-refractivity contribution in [2.75, 3.05) is 6.54 Å². The van der Waals surface area contributed by atoms with E-state index in [0.29, 0.717) is 12.1 Å². The predicted octanol–water partition coefficient (Wildman–Crippen LogP) is 3.54. The summed E-state index contributed by atoms with van der Waals surface area (Å²) < 4.78 is 25.4. The van der Waals surface area contributed by atoms with Crippen LogP contribution in [0.4, 0.5) is 8.78 Å². The summed E-state index contributed by atoms with van der Waals surface area (Å²) in [6.45, 7) is 2.49. The molecule has 0 unspecified atom stereocenters. The second kappa shape index (κ2) is 6.27. The van der Waals surface area contributed by atoms with Crippen LogP contribution < -0.4 is 0 Å². The summed E-state index contributed by atoms with van der Waals surface area (Å²) in [5.41, 5.74) is 0.424.